The van der Waals surface area contributed by atoms with Gasteiger partial charge in [-0.15, -0.1) is 0 Å². The van der Waals surface area contributed by atoms with Gasteiger partial charge in [-0.3, -0.25) is 9.69 Å². The number of hydrogen-bond donors (Lipinski definition) is 0. The van der Waals surface area contributed by atoms with Gasteiger partial charge in [0.1, 0.15) is 17.2 Å². The SMILES string of the molecule is Cc1cccc2ccnc(N(C(=O)c3ccc(N(C)c4ncccn4)cc3F)[C@@H]3CCCN(C(=O)OC(C)(C)C)C3)c12. The molecule has 5 rings (SSSR count). The number of rotatable bonds is 5. The molecule has 0 N–H and O–H groups in total. The summed E-state index contributed by atoms with van der Waals surface area (Å²) in [4.78, 5) is 45.3. The zero-order chi connectivity index (χ0) is 30.0. The molecule has 1 aliphatic rings. The number of aryl methyl sites for hydroxylation is 1. The van der Waals surface area contributed by atoms with Crippen molar-refractivity contribution in [2.24, 2.45) is 0 Å². The summed E-state index contributed by atoms with van der Waals surface area (Å²) in [6.07, 6.45) is 5.69. The zero-order valence-electron chi connectivity index (χ0n) is 24.5. The van der Waals surface area contributed by atoms with E-state index in [2.05, 4.69) is 15.0 Å². The minimum Gasteiger partial charge on any atom is -0.444 e. The van der Waals surface area contributed by atoms with E-state index >= 15 is 4.39 Å². The topological polar surface area (TPSA) is 91.8 Å². The third-order valence-corrected chi connectivity index (χ3v) is 7.26. The van der Waals surface area contributed by atoms with Crippen LogP contribution < -0.4 is 9.80 Å². The highest BCUT2D eigenvalue weighted by molar-refractivity contribution is 6.11. The molecule has 0 aliphatic carbocycles. The molecular formula is C32H35FN6O3. The molecule has 0 unspecified atom stereocenters. The van der Waals surface area contributed by atoms with Crippen molar-refractivity contribution in [2.75, 3.05) is 29.9 Å². The smallest absolute Gasteiger partial charge is 0.410 e. The van der Waals surface area contributed by atoms with Gasteiger partial charge in [-0.1, -0.05) is 18.2 Å². The largest absolute Gasteiger partial charge is 0.444 e. The van der Waals surface area contributed by atoms with E-state index in [1.54, 1.807) is 52.5 Å². The molecule has 42 heavy (non-hydrogen) atoms. The van der Waals surface area contributed by atoms with Gasteiger partial charge in [-0.2, -0.15) is 0 Å². The molecule has 1 saturated heterocycles. The van der Waals surface area contributed by atoms with Crippen LogP contribution in [0.1, 0.15) is 49.5 Å². The number of anilines is 3. The number of hydrogen-bond acceptors (Lipinski definition) is 7. The Morgan fingerprint density at radius 3 is 2.50 bits per heavy atom. The van der Waals surface area contributed by atoms with Gasteiger partial charge in [0.2, 0.25) is 5.95 Å². The van der Waals surface area contributed by atoms with Crippen LogP contribution in [0, 0.1) is 12.7 Å². The zero-order valence-corrected chi connectivity index (χ0v) is 24.5. The summed E-state index contributed by atoms with van der Waals surface area (Å²) in [6.45, 7) is 8.15. The predicted octanol–water partition coefficient (Wildman–Crippen LogP) is 6.29. The Morgan fingerprint density at radius 2 is 1.79 bits per heavy atom. The van der Waals surface area contributed by atoms with Crippen molar-refractivity contribution in [1.82, 2.24) is 19.9 Å². The number of carbonyl (C=O) groups is 2. The number of halogens is 1. The summed E-state index contributed by atoms with van der Waals surface area (Å²) in [5.74, 6) is -0.374. The molecule has 0 spiro atoms. The number of ether oxygens (including phenoxy) is 1. The molecule has 0 radical (unpaired) electrons. The molecule has 0 saturated carbocycles. The van der Waals surface area contributed by atoms with Gasteiger partial charge in [0.25, 0.3) is 5.91 Å². The van der Waals surface area contributed by atoms with E-state index in [1.807, 2.05) is 52.0 Å². The van der Waals surface area contributed by atoms with Crippen LogP contribution in [0.15, 0.2) is 67.1 Å². The van der Waals surface area contributed by atoms with E-state index in [9.17, 15) is 9.59 Å². The molecule has 3 heterocycles. The molecule has 4 aromatic rings. The number of amides is 2. The van der Waals surface area contributed by atoms with Crippen LogP contribution in [-0.4, -0.2) is 63.6 Å². The van der Waals surface area contributed by atoms with Gasteiger partial charge in [0.15, 0.2) is 0 Å². The second-order valence-electron chi connectivity index (χ2n) is 11.5. The van der Waals surface area contributed by atoms with Crippen LogP contribution in [0.5, 0.6) is 0 Å². The Balaban J connectivity index is 1.55. The van der Waals surface area contributed by atoms with Crippen molar-refractivity contribution in [2.45, 2.75) is 52.2 Å². The molecule has 2 amide bonds. The molecule has 218 valence electrons. The van der Waals surface area contributed by atoms with Crippen molar-refractivity contribution >= 4 is 40.2 Å². The molecule has 1 fully saturated rings. The van der Waals surface area contributed by atoms with E-state index in [1.165, 1.54) is 12.1 Å². The molecule has 1 aliphatic heterocycles. The van der Waals surface area contributed by atoms with Gasteiger partial charge >= 0.3 is 6.09 Å². The number of benzene rings is 2. The fraction of sp³-hybridized carbons (Fsp3) is 0.344. The highest BCUT2D eigenvalue weighted by atomic mass is 19.1. The third-order valence-electron chi connectivity index (χ3n) is 7.26. The fourth-order valence-electron chi connectivity index (χ4n) is 5.26. The van der Waals surface area contributed by atoms with Crippen molar-refractivity contribution < 1.29 is 18.7 Å². The van der Waals surface area contributed by atoms with E-state index in [4.69, 9.17) is 4.74 Å². The molecule has 2 aromatic carbocycles. The van der Waals surface area contributed by atoms with E-state index in [-0.39, 0.29) is 12.1 Å². The average molecular weight is 571 g/mol. The first-order valence-corrected chi connectivity index (χ1v) is 14.0. The lowest BCUT2D eigenvalue weighted by atomic mass is 10.00. The number of pyridine rings is 1. The molecule has 9 nitrogen and oxygen atoms in total. The first-order chi connectivity index (χ1) is 20.0. The van der Waals surface area contributed by atoms with Crippen LogP contribution in [0.4, 0.5) is 26.6 Å². The van der Waals surface area contributed by atoms with Gasteiger partial charge < -0.3 is 14.5 Å². The number of carbonyl (C=O) groups excluding carboxylic acids is 2. The maximum atomic E-state index is 15.8. The lowest BCUT2D eigenvalue weighted by molar-refractivity contribution is 0.0196. The Hall–Kier alpha value is -4.60. The summed E-state index contributed by atoms with van der Waals surface area (Å²) in [6, 6.07) is 13.5. The van der Waals surface area contributed by atoms with Crippen LogP contribution >= 0.6 is 0 Å². The lowest BCUT2D eigenvalue weighted by Gasteiger charge is -2.39. The second kappa shape index (κ2) is 11.7. The predicted molar refractivity (Wildman–Crippen MR) is 161 cm³/mol. The monoisotopic (exact) mass is 570 g/mol. The molecule has 0 bridgehead atoms. The average Bonchev–Trinajstić information content (AvgIpc) is 2.96. The van der Waals surface area contributed by atoms with Crippen molar-refractivity contribution in [1.29, 1.82) is 0 Å². The van der Waals surface area contributed by atoms with Crippen LogP contribution in [-0.2, 0) is 4.74 Å². The van der Waals surface area contributed by atoms with Gasteiger partial charge in [0.05, 0.1) is 11.6 Å². The fourth-order valence-corrected chi connectivity index (χ4v) is 5.26. The number of nitrogens with zero attached hydrogens (tertiary/aromatic N) is 6. The minimum absolute atomic E-state index is 0.0945. The Bertz CT molecular complexity index is 1600. The molecule has 2 aromatic heterocycles. The maximum Gasteiger partial charge on any atom is 0.410 e. The van der Waals surface area contributed by atoms with Crippen LogP contribution in [0.2, 0.25) is 0 Å². The van der Waals surface area contributed by atoms with Crippen molar-refractivity contribution in [3.05, 3.63) is 84.1 Å². The normalized spacial score (nSPS) is 15.4. The first-order valence-electron chi connectivity index (χ1n) is 14.0. The first kappa shape index (κ1) is 28.9. The molecule has 10 heteroatoms. The summed E-state index contributed by atoms with van der Waals surface area (Å²) >= 11 is 0. The number of likely N-dealkylation sites (tertiary alicyclic amines) is 1. The number of piperidine rings is 1. The highest BCUT2D eigenvalue weighted by Crippen LogP contribution is 2.33. The van der Waals surface area contributed by atoms with E-state index in [0.717, 1.165) is 16.3 Å². The summed E-state index contributed by atoms with van der Waals surface area (Å²) in [7, 11) is 1.73. The van der Waals surface area contributed by atoms with Crippen LogP contribution in [0.25, 0.3) is 10.8 Å². The Kier molecular flexibility index (Phi) is 8.06. The molecule has 1 atom stereocenters. The van der Waals surface area contributed by atoms with E-state index in [0.29, 0.717) is 36.8 Å². The Labute approximate surface area is 245 Å². The Morgan fingerprint density at radius 1 is 1.02 bits per heavy atom. The van der Waals surface area contributed by atoms with E-state index < -0.39 is 29.5 Å². The van der Waals surface area contributed by atoms with Crippen molar-refractivity contribution in [3.63, 3.8) is 0 Å². The van der Waals surface area contributed by atoms with Gasteiger partial charge in [-0.05, 0) is 81.8 Å². The lowest BCUT2D eigenvalue weighted by Crippen LogP contribution is -2.53. The summed E-state index contributed by atoms with van der Waals surface area (Å²) < 4.78 is 21.4. The van der Waals surface area contributed by atoms with Gasteiger partial charge in [-0.25, -0.2) is 24.1 Å². The maximum absolute atomic E-state index is 15.8. The number of fused-ring (bicyclic) bond motifs is 1. The minimum atomic E-state index is -0.679. The quantitative estimate of drug-likeness (QED) is 0.279. The van der Waals surface area contributed by atoms with Gasteiger partial charge in [0, 0.05) is 49.8 Å². The van der Waals surface area contributed by atoms with Crippen molar-refractivity contribution in [3.8, 4) is 0 Å². The summed E-state index contributed by atoms with van der Waals surface area (Å²) in [5, 5.41) is 1.72. The van der Waals surface area contributed by atoms with Crippen LogP contribution in [0.3, 0.4) is 0 Å². The standard InChI is InChI=1S/C32H35FN6O3/c1-21-9-6-10-22-14-17-34-28(27(21)22)39(24-11-7-18-38(20-24)31(41)42-32(2,3)4)29(40)25-13-12-23(19-26(25)33)37(5)30-35-15-8-16-36-30/h6,8-10,12-17,19,24H,7,11,18,20H2,1-5H3/t24-/m1/s1. The third kappa shape index (κ3) is 6.02. The number of aromatic nitrogens is 3. The summed E-state index contributed by atoms with van der Waals surface area (Å²) in [5.41, 5.74) is 0.683. The molecular weight excluding hydrogens is 535 g/mol. The second-order valence-corrected chi connectivity index (χ2v) is 11.5. The highest BCUT2D eigenvalue weighted by Gasteiger charge is 2.36.